The fraction of sp³-hybridized carbons (Fsp3) is 0.579. The first-order valence-corrected chi connectivity index (χ1v) is 8.55. The minimum atomic E-state index is 0.0326. The number of carbonyl (C=O) groups excluding carboxylic acids is 2. The maximum Gasteiger partial charge on any atom is 0.223 e. The van der Waals surface area contributed by atoms with Crippen molar-refractivity contribution in [1.82, 2.24) is 10.2 Å². The van der Waals surface area contributed by atoms with E-state index in [2.05, 4.69) is 38.2 Å². The average Bonchev–Trinajstić information content (AvgIpc) is 2.67. The van der Waals surface area contributed by atoms with Gasteiger partial charge >= 0.3 is 0 Å². The molecule has 1 unspecified atom stereocenters. The predicted molar refractivity (Wildman–Crippen MR) is 92.4 cm³/mol. The van der Waals surface area contributed by atoms with E-state index in [-0.39, 0.29) is 17.9 Å². The second-order valence-electron chi connectivity index (χ2n) is 6.58. The van der Waals surface area contributed by atoms with Crippen molar-refractivity contribution in [3.8, 4) is 0 Å². The summed E-state index contributed by atoms with van der Waals surface area (Å²) in [6, 6.07) is 4.39. The minimum absolute atomic E-state index is 0.0326. The molecule has 1 N–H and O–H groups in total. The van der Waals surface area contributed by atoms with Gasteiger partial charge < -0.3 is 10.2 Å². The Bertz CT molecular complexity index is 572. The summed E-state index contributed by atoms with van der Waals surface area (Å²) in [5.41, 5.74) is 5.06. The Morgan fingerprint density at radius 1 is 1.26 bits per heavy atom. The Hall–Kier alpha value is -1.84. The lowest BCUT2D eigenvalue weighted by Crippen LogP contribution is -2.41. The van der Waals surface area contributed by atoms with E-state index < -0.39 is 0 Å². The molecule has 126 valence electrons. The molecule has 1 saturated heterocycles. The Morgan fingerprint density at radius 2 is 1.91 bits per heavy atom. The third-order valence-electron chi connectivity index (χ3n) is 4.76. The van der Waals surface area contributed by atoms with Crippen LogP contribution in [0.4, 0.5) is 0 Å². The van der Waals surface area contributed by atoms with Gasteiger partial charge in [-0.2, -0.15) is 0 Å². The Kier molecular flexibility index (Phi) is 5.80. The lowest BCUT2D eigenvalue weighted by molar-refractivity contribution is -0.133. The number of nitrogens with zero attached hydrogens (tertiary/aromatic N) is 1. The summed E-state index contributed by atoms with van der Waals surface area (Å²) in [5, 5.41) is 2.86. The molecule has 0 saturated carbocycles. The Labute approximate surface area is 139 Å². The van der Waals surface area contributed by atoms with Crippen LogP contribution < -0.4 is 5.32 Å². The van der Waals surface area contributed by atoms with E-state index in [0.717, 1.165) is 12.8 Å². The molecule has 0 bridgehead atoms. The highest BCUT2D eigenvalue weighted by molar-refractivity contribution is 5.81. The molecule has 1 aliphatic rings. The van der Waals surface area contributed by atoms with Gasteiger partial charge in [0.25, 0.3) is 0 Å². The molecular formula is C19H28N2O2. The number of hydrogen-bond acceptors (Lipinski definition) is 2. The molecule has 0 aromatic heterocycles. The van der Waals surface area contributed by atoms with Crippen molar-refractivity contribution < 1.29 is 9.59 Å². The first kappa shape index (κ1) is 17.5. The highest BCUT2D eigenvalue weighted by Gasteiger charge is 2.26. The zero-order chi connectivity index (χ0) is 17.0. The normalized spacial score (nSPS) is 18.5. The lowest BCUT2D eigenvalue weighted by atomic mass is 9.96. The first-order chi connectivity index (χ1) is 10.9. The van der Waals surface area contributed by atoms with Gasteiger partial charge in [0, 0.05) is 32.0 Å². The van der Waals surface area contributed by atoms with Gasteiger partial charge in [0.05, 0.1) is 0 Å². The zero-order valence-electron chi connectivity index (χ0n) is 14.7. The Balaban J connectivity index is 2.05. The van der Waals surface area contributed by atoms with Gasteiger partial charge in [-0.05, 0) is 50.3 Å². The number of amides is 2. The van der Waals surface area contributed by atoms with Gasteiger partial charge in [-0.3, -0.25) is 9.59 Å². The second kappa shape index (κ2) is 7.62. The highest BCUT2D eigenvalue weighted by Crippen LogP contribution is 2.20. The molecule has 0 spiro atoms. The number of rotatable bonds is 4. The van der Waals surface area contributed by atoms with Crippen molar-refractivity contribution in [2.45, 2.75) is 59.4 Å². The van der Waals surface area contributed by atoms with Crippen molar-refractivity contribution in [2.24, 2.45) is 0 Å². The number of benzene rings is 1. The number of nitrogens with one attached hydrogen (secondary N) is 1. The molecule has 1 aromatic rings. The van der Waals surface area contributed by atoms with Crippen LogP contribution in [-0.2, 0) is 16.0 Å². The zero-order valence-corrected chi connectivity index (χ0v) is 14.7. The second-order valence-corrected chi connectivity index (χ2v) is 6.58. The average molecular weight is 316 g/mol. The summed E-state index contributed by atoms with van der Waals surface area (Å²) in [6.07, 6.45) is 2.52. The van der Waals surface area contributed by atoms with Crippen LogP contribution in [0.15, 0.2) is 12.1 Å². The van der Waals surface area contributed by atoms with Crippen molar-refractivity contribution in [1.29, 1.82) is 0 Å². The third-order valence-corrected chi connectivity index (χ3v) is 4.76. The molecule has 1 aromatic carbocycles. The van der Waals surface area contributed by atoms with Gasteiger partial charge in [0.15, 0.2) is 0 Å². The molecule has 23 heavy (non-hydrogen) atoms. The minimum Gasteiger partial charge on any atom is -0.354 e. The van der Waals surface area contributed by atoms with Crippen LogP contribution >= 0.6 is 0 Å². The maximum atomic E-state index is 12.7. The van der Waals surface area contributed by atoms with E-state index in [1.54, 1.807) is 0 Å². The summed E-state index contributed by atoms with van der Waals surface area (Å²) in [6.45, 7) is 9.55. The molecule has 0 aliphatic carbocycles. The third kappa shape index (κ3) is 4.34. The van der Waals surface area contributed by atoms with Crippen LogP contribution in [0.5, 0.6) is 0 Å². The summed E-state index contributed by atoms with van der Waals surface area (Å²) >= 11 is 0. The van der Waals surface area contributed by atoms with Crippen LogP contribution in [0.3, 0.4) is 0 Å². The summed E-state index contributed by atoms with van der Waals surface area (Å²) in [5.74, 6) is 0.213. The standard InChI is InChI=1S/C19H28N2O2/c1-5-16-12-18(22)20-8-9-21(16)19(23)7-6-17-14(3)10-13(2)11-15(17)4/h10-11,16H,5-9,12H2,1-4H3,(H,20,22). The largest absolute Gasteiger partial charge is 0.354 e. The molecule has 2 rings (SSSR count). The van der Waals surface area contributed by atoms with Gasteiger partial charge in [-0.1, -0.05) is 24.6 Å². The van der Waals surface area contributed by atoms with Crippen molar-refractivity contribution >= 4 is 11.8 Å². The van der Waals surface area contributed by atoms with E-state index in [4.69, 9.17) is 0 Å². The fourth-order valence-corrected chi connectivity index (χ4v) is 3.57. The maximum absolute atomic E-state index is 12.7. The topological polar surface area (TPSA) is 49.4 Å². The van der Waals surface area contributed by atoms with Crippen LogP contribution in [0, 0.1) is 20.8 Å². The molecule has 1 fully saturated rings. The molecule has 4 nitrogen and oxygen atoms in total. The van der Waals surface area contributed by atoms with E-state index in [1.165, 1.54) is 22.3 Å². The number of hydrogen-bond donors (Lipinski definition) is 1. The predicted octanol–water partition coefficient (Wildman–Crippen LogP) is 2.67. The quantitative estimate of drug-likeness (QED) is 0.928. The first-order valence-electron chi connectivity index (χ1n) is 8.55. The monoisotopic (exact) mass is 316 g/mol. The van der Waals surface area contributed by atoms with Gasteiger partial charge in [0.1, 0.15) is 0 Å². The molecular weight excluding hydrogens is 288 g/mol. The molecule has 1 atom stereocenters. The van der Waals surface area contributed by atoms with Crippen molar-refractivity contribution in [3.63, 3.8) is 0 Å². The SMILES string of the molecule is CCC1CC(=O)NCCN1C(=O)CCc1c(C)cc(C)cc1C. The van der Waals surface area contributed by atoms with Crippen molar-refractivity contribution in [2.75, 3.05) is 13.1 Å². The lowest BCUT2D eigenvalue weighted by Gasteiger charge is -2.28. The van der Waals surface area contributed by atoms with Crippen LogP contribution in [0.25, 0.3) is 0 Å². The number of carbonyl (C=O) groups is 2. The van der Waals surface area contributed by atoms with Crippen LogP contribution in [0.2, 0.25) is 0 Å². The van der Waals surface area contributed by atoms with Gasteiger partial charge in [-0.15, -0.1) is 0 Å². The molecule has 0 radical (unpaired) electrons. The molecule has 1 heterocycles. The van der Waals surface area contributed by atoms with E-state index >= 15 is 0 Å². The fourth-order valence-electron chi connectivity index (χ4n) is 3.57. The highest BCUT2D eigenvalue weighted by atomic mass is 16.2. The molecule has 2 amide bonds. The van der Waals surface area contributed by atoms with E-state index in [0.29, 0.717) is 25.9 Å². The Morgan fingerprint density at radius 3 is 2.52 bits per heavy atom. The summed E-state index contributed by atoms with van der Waals surface area (Å²) < 4.78 is 0. The van der Waals surface area contributed by atoms with Crippen molar-refractivity contribution in [3.05, 3.63) is 34.4 Å². The van der Waals surface area contributed by atoms with Gasteiger partial charge in [-0.25, -0.2) is 0 Å². The van der Waals surface area contributed by atoms with Crippen LogP contribution in [-0.4, -0.2) is 35.8 Å². The smallest absolute Gasteiger partial charge is 0.223 e. The summed E-state index contributed by atoms with van der Waals surface area (Å²) in [4.78, 5) is 26.2. The number of aryl methyl sites for hydroxylation is 3. The van der Waals surface area contributed by atoms with Crippen LogP contribution in [0.1, 0.15) is 48.4 Å². The molecule has 1 aliphatic heterocycles. The van der Waals surface area contributed by atoms with E-state index in [9.17, 15) is 9.59 Å². The summed E-state index contributed by atoms with van der Waals surface area (Å²) in [7, 11) is 0. The molecule has 4 heteroatoms. The van der Waals surface area contributed by atoms with Gasteiger partial charge in [0.2, 0.25) is 11.8 Å². The van der Waals surface area contributed by atoms with E-state index in [1.807, 2.05) is 11.8 Å².